The maximum atomic E-state index is 12.4. The fourth-order valence-electron chi connectivity index (χ4n) is 3.10. The third-order valence-corrected chi connectivity index (χ3v) is 4.27. The largest absolute Gasteiger partial charge is 0.385 e. The Morgan fingerprint density at radius 1 is 1.35 bits per heavy atom. The molecule has 0 saturated carbocycles. The third kappa shape index (κ3) is 2.87. The van der Waals surface area contributed by atoms with Crippen LogP contribution in [0.3, 0.4) is 0 Å². The van der Waals surface area contributed by atoms with Gasteiger partial charge in [0.2, 0.25) is 0 Å². The molecule has 0 fully saturated rings. The van der Waals surface area contributed by atoms with Gasteiger partial charge in [-0.05, 0) is 55.7 Å². The Hall–Kier alpha value is -1.77. The summed E-state index contributed by atoms with van der Waals surface area (Å²) in [6.07, 6.45) is 9.99. The molecular formula is C17H22N2O. The fraction of sp³-hybridized carbons (Fsp3) is 0.471. The van der Waals surface area contributed by atoms with E-state index in [2.05, 4.69) is 28.9 Å². The summed E-state index contributed by atoms with van der Waals surface area (Å²) < 4.78 is 0. The van der Waals surface area contributed by atoms with Gasteiger partial charge in [-0.2, -0.15) is 0 Å². The predicted molar refractivity (Wildman–Crippen MR) is 82.1 cm³/mol. The molecule has 1 aromatic rings. The summed E-state index contributed by atoms with van der Waals surface area (Å²) in [7, 11) is 0. The molecule has 0 bridgehead atoms. The molecule has 20 heavy (non-hydrogen) atoms. The van der Waals surface area contributed by atoms with Gasteiger partial charge in [0.1, 0.15) is 0 Å². The van der Waals surface area contributed by atoms with Crippen molar-refractivity contribution in [1.29, 1.82) is 0 Å². The molecule has 1 amide bonds. The van der Waals surface area contributed by atoms with E-state index in [-0.39, 0.29) is 5.91 Å². The number of carbonyl (C=O) groups excluding carboxylic acids is 1. The number of carbonyl (C=O) groups is 1. The zero-order valence-corrected chi connectivity index (χ0v) is 11.8. The summed E-state index contributed by atoms with van der Waals surface area (Å²) in [5.41, 5.74) is 3.16. The van der Waals surface area contributed by atoms with Gasteiger partial charge in [-0.15, -0.1) is 0 Å². The van der Waals surface area contributed by atoms with Gasteiger partial charge < -0.3 is 10.6 Å². The molecule has 1 aromatic carbocycles. The number of anilines is 1. The van der Waals surface area contributed by atoms with Crippen LogP contribution in [0, 0.1) is 5.92 Å². The number of hydrogen-bond donors (Lipinski definition) is 2. The van der Waals surface area contributed by atoms with E-state index in [0.29, 0.717) is 5.92 Å². The van der Waals surface area contributed by atoms with Gasteiger partial charge in [-0.3, -0.25) is 4.79 Å². The van der Waals surface area contributed by atoms with E-state index >= 15 is 0 Å². The molecule has 0 radical (unpaired) electrons. The normalized spacial score (nSPS) is 20.9. The molecule has 106 valence electrons. The van der Waals surface area contributed by atoms with Gasteiger partial charge in [0.15, 0.2) is 0 Å². The molecular weight excluding hydrogens is 248 g/mol. The Bertz CT molecular complexity index is 522. The van der Waals surface area contributed by atoms with Crippen molar-refractivity contribution in [1.82, 2.24) is 5.32 Å². The van der Waals surface area contributed by atoms with Crippen molar-refractivity contribution in [2.75, 3.05) is 18.4 Å². The summed E-state index contributed by atoms with van der Waals surface area (Å²) >= 11 is 0. The Morgan fingerprint density at radius 2 is 2.30 bits per heavy atom. The summed E-state index contributed by atoms with van der Waals surface area (Å²) in [5.74, 6) is 0.682. The van der Waals surface area contributed by atoms with Crippen LogP contribution >= 0.6 is 0 Å². The molecule has 1 aliphatic heterocycles. The average molecular weight is 270 g/mol. The number of fused-ring (bicyclic) bond motifs is 1. The molecule has 1 atom stereocenters. The van der Waals surface area contributed by atoms with Crippen LogP contribution in [0.1, 0.15) is 41.6 Å². The molecule has 0 spiro atoms. The second-order valence-electron chi connectivity index (χ2n) is 5.72. The van der Waals surface area contributed by atoms with Gasteiger partial charge in [0, 0.05) is 24.3 Å². The van der Waals surface area contributed by atoms with E-state index < -0.39 is 0 Å². The first kappa shape index (κ1) is 13.2. The summed E-state index contributed by atoms with van der Waals surface area (Å²) in [6, 6.07) is 5.98. The molecule has 1 heterocycles. The van der Waals surface area contributed by atoms with Crippen molar-refractivity contribution >= 4 is 11.6 Å². The summed E-state index contributed by atoms with van der Waals surface area (Å²) in [5, 5.41) is 6.49. The van der Waals surface area contributed by atoms with Crippen LogP contribution in [0.5, 0.6) is 0 Å². The minimum atomic E-state index is 0.0834. The maximum absolute atomic E-state index is 12.4. The fourth-order valence-corrected chi connectivity index (χ4v) is 3.10. The predicted octanol–water partition coefficient (Wildman–Crippen LogP) is 3.13. The van der Waals surface area contributed by atoms with Gasteiger partial charge in [0.05, 0.1) is 0 Å². The number of hydrogen-bond acceptors (Lipinski definition) is 2. The Kier molecular flexibility index (Phi) is 4.05. The highest BCUT2D eigenvalue weighted by atomic mass is 16.1. The first-order valence-electron chi connectivity index (χ1n) is 7.63. The van der Waals surface area contributed by atoms with E-state index in [9.17, 15) is 4.79 Å². The molecule has 1 unspecified atom stereocenters. The van der Waals surface area contributed by atoms with Crippen LogP contribution in [0.4, 0.5) is 5.69 Å². The van der Waals surface area contributed by atoms with Gasteiger partial charge >= 0.3 is 0 Å². The highest BCUT2D eigenvalue weighted by molar-refractivity contribution is 5.97. The van der Waals surface area contributed by atoms with Crippen LogP contribution in [0.25, 0.3) is 0 Å². The number of benzene rings is 1. The molecule has 2 N–H and O–H groups in total. The smallest absolute Gasteiger partial charge is 0.251 e. The molecule has 0 aromatic heterocycles. The topological polar surface area (TPSA) is 41.1 Å². The lowest BCUT2D eigenvalue weighted by molar-refractivity contribution is 0.0945. The zero-order valence-electron chi connectivity index (χ0n) is 11.8. The van der Waals surface area contributed by atoms with E-state index in [1.54, 1.807) is 0 Å². The van der Waals surface area contributed by atoms with Crippen molar-refractivity contribution in [3.8, 4) is 0 Å². The lowest BCUT2D eigenvalue weighted by atomic mass is 9.94. The zero-order chi connectivity index (χ0) is 13.8. The highest BCUT2D eigenvalue weighted by Crippen LogP contribution is 2.25. The van der Waals surface area contributed by atoms with Crippen LogP contribution in [-0.2, 0) is 6.42 Å². The van der Waals surface area contributed by atoms with Crippen LogP contribution < -0.4 is 10.6 Å². The Morgan fingerprint density at radius 3 is 3.15 bits per heavy atom. The summed E-state index contributed by atoms with van der Waals surface area (Å²) in [6.45, 7) is 1.80. The third-order valence-electron chi connectivity index (χ3n) is 4.27. The molecule has 2 aliphatic rings. The molecule has 1 aliphatic carbocycles. The first-order chi connectivity index (χ1) is 9.84. The van der Waals surface area contributed by atoms with Gasteiger partial charge in [-0.1, -0.05) is 18.2 Å². The second kappa shape index (κ2) is 6.12. The number of allylic oxidation sites excluding steroid dienone is 2. The first-order valence-corrected chi connectivity index (χ1v) is 7.63. The van der Waals surface area contributed by atoms with Gasteiger partial charge in [0.25, 0.3) is 5.91 Å². The Balaban J connectivity index is 1.66. The lowest BCUT2D eigenvalue weighted by Gasteiger charge is -2.22. The van der Waals surface area contributed by atoms with E-state index in [0.717, 1.165) is 50.0 Å². The highest BCUT2D eigenvalue weighted by Gasteiger charge is 2.18. The number of nitrogens with one attached hydrogen (secondary N) is 2. The van der Waals surface area contributed by atoms with Crippen molar-refractivity contribution in [2.24, 2.45) is 5.92 Å². The molecule has 3 rings (SSSR count). The van der Waals surface area contributed by atoms with Crippen molar-refractivity contribution in [3.63, 3.8) is 0 Å². The minimum Gasteiger partial charge on any atom is -0.385 e. The van der Waals surface area contributed by atoms with Crippen molar-refractivity contribution in [3.05, 3.63) is 41.5 Å². The van der Waals surface area contributed by atoms with Crippen molar-refractivity contribution in [2.45, 2.75) is 32.1 Å². The van der Waals surface area contributed by atoms with E-state index in [1.165, 1.54) is 12.0 Å². The molecule has 3 nitrogen and oxygen atoms in total. The molecule has 0 saturated heterocycles. The summed E-state index contributed by atoms with van der Waals surface area (Å²) in [4.78, 5) is 12.4. The number of rotatable bonds is 3. The van der Waals surface area contributed by atoms with Gasteiger partial charge in [-0.25, -0.2) is 0 Å². The second-order valence-corrected chi connectivity index (χ2v) is 5.72. The molecule has 3 heteroatoms. The average Bonchev–Trinajstić information content (AvgIpc) is 2.53. The van der Waals surface area contributed by atoms with E-state index in [1.807, 2.05) is 12.1 Å². The van der Waals surface area contributed by atoms with E-state index in [4.69, 9.17) is 0 Å². The SMILES string of the molecule is O=C(NCC1CC=CCC1)c1cccc2c1CCCN2. The minimum absolute atomic E-state index is 0.0834. The van der Waals surface area contributed by atoms with Crippen LogP contribution in [0.2, 0.25) is 0 Å². The Labute approximate surface area is 120 Å². The lowest BCUT2D eigenvalue weighted by Crippen LogP contribution is -2.31. The monoisotopic (exact) mass is 270 g/mol. The maximum Gasteiger partial charge on any atom is 0.251 e. The standard InChI is InChI=1S/C17H22N2O/c20-17(19-12-13-6-2-1-3-7-13)15-8-4-10-16-14(15)9-5-11-18-16/h1-2,4,8,10,13,18H,3,5-7,9,11-12H2,(H,19,20). The number of amides is 1. The van der Waals surface area contributed by atoms with Crippen LogP contribution in [0.15, 0.2) is 30.4 Å². The quantitative estimate of drug-likeness (QED) is 0.829. The van der Waals surface area contributed by atoms with Crippen LogP contribution in [-0.4, -0.2) is 19.0 Å². The van der Waals surface area contributed by atoms with Crippen molar-refractivity contribution < 1.29 is 4.79 Å².